The van der Waals surface area contributed by atoms with Crippen molar-refractivity contribution >= 4 is 11.8 Å². The summed E-state index contributed by atoms with van der Waals surface area (Å²) in [7, 11) is 1.47. The van der Waals surface area contributed by atoms with Crippen LogP contribution in [0.4, 0.5) is 4.39 Å². The predicted octanol–water partition coefficient (Wildman–Crippen LogP) is 3.26. The van der Waals surface area contributed by atoms with Gasteiger partial charge >= 0.3 is 0 Å². The van der Waals surface area contributed by atoms with Crippen molar-refractivity contribution < 1.29 is 19.1 Å². The zero-order chi connectivity index (χ0) is 21.6. The SMILES string of the molecule is CNC(=O)c1ccc(Cc2cc3c(c(C)c2C)C(=O)N([C@H]2CCC[C@@H]2O)C3)cc1F. The average molecular weight is 410 g/mol. The third kappa shape index (κ3) is 3.39. The molecule has 0 aromatic heterocycles. The van der Waals surface area contributed by atoms with Crippen molar-refractivity contribution in [1.29, 1.82) is 0 Å². The van der Waals surface area contributed by atoms with E-state index in [1.807, 2.05) is 24.8 Å². The summed E-state index contributed by atoms with van der Waals surface area (Å²) in [5, 5.41) is 12.7. The Labute approximate surface area is 175 Å². The van der Waals surface area contributed by atoms with Crippen LogP contribution in [-0.4, -0.2) is 41.0 Å². The number of carbonyl (C=O) groups is 2. The molecule has 2 aromatic carbocycles. The maximum absolute atomic E-state index is 14.4. The van der Waals surface area contributed by atoms with Crippen molar-refractivity contribution in [2.45, 2.75) is 58.2 Å². The number of hydrogen-bond acceptors (Lipinski definition) is 3. The topological polar surface area (TPSA) is 69.6 Å². The van der Waals surface area contributed by atoms with Crippen molar-refractivity contribution in [1.82, 2.24) is 10.2 Å². The molecule has 4 rings (SSSR count). The second-order valence-electron chi connectivity index (χ2n) is 8.39. The van der Waals surface area contributed by atoms with E-state index in [2.05, 4.69) is 5.32 Å². The lowest BCUT2D eigenvalue weighted by atomic mass is 9.91. The lowest BCUT2D eigenvalue weighted by Gasteiger charge is -2.26. The Bertz CT molecular complexity index is 1030. The molecule has 1 aliphatic carbocycles. The fourth-order valence-corrected chi connectivity index (χ4v) is 4.82. The second-order valence-corrected chi connectivity index (χ2v) is 8.39. The standard InChI is InChI=1S/C24H27FN2O3/c1-13-14(2)22-17(12-27(24(22)30)20-5-4-6-21(20)28)11-16(13)9-15-7-8-18(19(25)10-15)23(29)26-3/h7-8,10-11,20-21,28H,4-6,9,12H2,1-3H3,(H,26,29)/t20-,21-/m0/s1. The number of halogens is 1. The Morgan fingerprint density at radius 2 is 2.00 bits per heavy atom. The third-order valence-corrected chi connectivity index (χ3v) is 6.65. The maximum Gasteiger partial charge on any atom is 0.255 e. The van der Waals surface area contributed by atoms with Gasteiger partial charge in [-0.05, 0) is 79.5 Å². The van der Waals surface area contributed by atoms with E-state index >= 15 is 0 Å². The molecule has 1 heterocycles. The molecule has 5 nitrogen and oxygen atoms in total. The van der Waals surface area contributed by atoms with Gasteiger partial charge in [0.1, 0.15) is 5.82 Å². The first-order chi connectivity index (χ1) is 14.3. The van der Waals surface area contributed by atoms with Gasteiger partial charge in [-0.3, -0.25) is 9.59 Å². The quantitative estimate of drug-likeness (QED) is 0.813. The highest BCUT2D eigenvalue weighted by Gasteiger charge is 2.39. The molecule has 2 aromatic rings. The average Bonchev–Trinajstić information content (AvgIpc) is 3.28. The highest BCUT2D eigenvalue weighted by Crippen LogP contribution is 2.36. The Morgan fingerprint density at radius 3 is 2.63 bits per heavy atom. The highest BCUT2D eigenvalue weighted by molar-refractivity contribution is 6.00. The molecule has 2 atom stereocenters. The van der Waals surface area contributed by atoms with Crippen molar-refractivity contribution in [3.05, 3.63) is 69.0 Å². The van der Waals surface area contributed by atoms with Gasteiger partial charge in [-0.2, -0.15) is 0 Å². The van der Waals surface area contributed by atoms with Gasteiger partial charge in [0.15, 0.2) is 0 Å². The fraction of sp³-hybridized carbons (Fsp3) is 0.417. The molecule has 30 heavy (non-hydrogen) atoms. The Morgan fingerprint density at radius 1 is 1.23 bits per heavy atom. The molecule has 158 valence electrons. The van der Waals surface area contributed by atoms with Gasteiger partial charge in [0.2, 0.25) is 0 Å². The van der Waals surface area contributed by atoms with Crippen molar-refractivity contribution in [2.24, 2.45) is 0 Å². The molecule has 0 bridgehead atoms. The zero-order valence-electron chi connectivity index (χ0n) is 17.6. The zero-order valence-corrected chi connectivity index (χ0v) is 17.6. The van der Waals surface area contributed by atoms with E-state index in [1.54, 1.807) is 6.07 Å². The van der Waals surface area contributed by atoms with Crippen LogP contribution in [0.1, 0.15) is 67.8 Å². The molecular formula is C24H27FN2O3. The van der Waals surface area contributed by atoms with Crippen LogP contribution in [-0.2, 0) is 13.0 Å². The molecule has 1 fully saturated rings. The van der Waals surface area contributed by atoms with E-state index in [0.717, 1.165) is 52.6 Å². The minimum absolute atomic E-state index is 0.00377. The van der Waals surface area contributed by atoms with Crippen molar-refractivity contribution in [3.8, 4) is 0 Å². The fourth-order valence-electron chi connectivity index (χ4n) is 4.82. The van der Waals surface area contributed by atoms with Crippen LogP contribution in [0, 0.1) is 19.7 Å². The summed E-state index contributed by atoms with van der Waals surface area (Å²) in [6.45, 7) is 4.45. The Balaban J connectivity index is 1.63. The largest absolute Gasteiger partial charge is 0.391 e. The molecule has 1 saturated carbocycles. The summed E-state index contributed by atoms with van der Waals surface area (Å²) in [5.41, 5.74) is 5.53. The molecule has 2 N–H and O–H groups in total. The first-order valence-corrected chi connectivity index (χ1v) is 10.4. The molecule has 6 heteroatoms. The van der Waals surface area contributed by atoms with Gasteiger partial charge < -0.3 is 15.3 Å². The lowest BCUT2D eigenvalue weighted by molar-refractivity contribution is 0.0479. The number of rotatable bonds is 4. The predicted molar refractivity (Wildman–Crippen MR) is 112 cm³/mol. The summed E-state index contributed by atoms with van der Waals surface area (Å²) in [4.78, 5) is 26.6. The van der Waals surface area contributed by atoms with E-state index in [0.29, 0.717) is 13.0 Å². The first-order valence-electron chi connectivity index (χ1n) is 10.4. The first kappa shape index (κ1) is 20.5. The van der Waals surface area contributed by atoms with Gasteiger partial charge in [0.05, 0.1) is 17.7 Å². The van der Waals surface area contributed by atoms with E-state index in [1.165, 1.54) is 19.2 Å². The molecule has 0 unspecified atom stereocenters. The summed E-state index contributed by atoms with van der Waals surface area (Å²) in [6.07, 6.45) is 2.58. The third-order valence-electron chi connectivity index (χ3n) is 6.65. The van der Waals surface area contributed by atoms with Crippen LogP contribution in [0.2, 0.25) is 0 Å². The van der Waals surface area contributed by atoms with Crippen LogP contribution in [0.25, 0.3) is 0 Å². The molecule has 0 radical (unpaired) electrons. The summed E-state index contributed by atoms with van der Waals surface area (Å²) >= 11 is 0. The summed E-state index contributed by atoms with van der Waals surface area (Å²) in [5.74, 6) is -0.987. The number of fused-ring (bicyclic) bond motifs is 1. The van der Waals surface area contributed by atoms with Gasteiger partial charge in [0, 0.05) is 19.2 Å². The van der Waals surface area contributed by atoms with Gasteiger partial charge in [-0.15, -0.1) is 0 Å². The number of carbonyl (C=O) groups excluding carboxylic acids is 2. The van der Waals surface area contributed by atoms with Crippen LogP contribution in [0.15, 0.2) is 24.3 Å². The molecule has 2 aliphatic rings. The monoisotopic (exact) mass is 410 g/mol. The van der Waals surface area contributed by atoms with E-state index in [4.69, 9.17) is 0 Å². The lowest BCUT2D eigenvalue weighted by Crippen LogP contribution is -2.40. The number of amides is 2. The number of aliphatic hydroxyl groups excluding tert-OH is 1. The van der Waals surface area contributed by atoms with Crippen molar-refractivity contribution in [3.63, 3.8) is 0 Å². The molecule has 1 aliphatic heterocycles. The Hall–Kier alpha value is -2.73. The van der Waals surface area contributed by atoms with Crippen LogP contribution >= 0.6 is 0 Å². The van der Waals surface area contributed by atoms with Crippen LogP contribution < -0.4 is 5.32 Å². The minimum Gasteiger partial charge on any atom is -0.391 e. The molecule has 0 spiro atoms. The van der Waals surface area contributed by atoms with E-state index in [9.17, 15) is 19.1 Å². The van der Waals surface area contributed by atoms with Gasteiger partial charge in [-0.1, -0.05) is 12.1 Å². The number of benzene rings is 2. The van der Waals surface area contributed by atoms with E-state index in [-0.39, 0.29) is 17.5 Å². The van der Waals surface area contributed by atoms with E-state index < -0.39 is 17.8 Å². The minimum atomic E-state index is -0.543. The highest BCUT2D eigenvalue weighted by atomic mass is 19.1. The second kappa shape index (κ2) is 7.84. The summed E-state index contributed by atoms with van der Waals surface area (Å²) < 4.78 is 14.4. The Kier molecular flexibility index (Phi) is 5.36. The molecular weight excluding hydrogens is 383 g/mol. The van der Waals surface area contributed by atoms with Crippen LogP contribution in [0.5, 0.6) is 0 Å². The number of nitrogens with zero attached hydrogens (tertiary/aromatic N) is 1. The van der Waals surface area contributed by atoms with Crippen LogP contribution in [0.3, 0.4) is 0 Å². The smallest absolute Gasteiger partial charge is 0.255 e. The van der Waals surface area contributed by atoms with Crippen molar-refractivity contribution in [2.75, 3.05) is 7.05 Å². The number of nitrogens with one attached hydrogen (secondary N) is 1. The normalized spacial score (nSPS) is 20.6. The number of aliphatic hydroxyl groups is 1. The van der Waals surface area contributed by atoms with Gasteiger partial charge in [-0.25, -0.2) is 4.39 Å². The molecule has 2 amide bonds. The van der Waals surface area contributed by atoms with Gasteiger partial charge in [0.25, 0.3) is 11.8 Å². The number of hydrogen-bond donors (Lipinski definition) is 2. The maximum atomic E-state index is 14.4. The molecule has 0 saturated heterocycles. The summed E-state index contributed by atoms with van der Waals surface area (Å²) in [6, 6.07) is 6.60.